The quantitative estimate of drug-likeness (QED) is 0.874. The fourth-order valence-electron chi connectivity index (χ4n) is 1.27. The van der Waals surface area contributed by atoms with E-state index in [4.69, 9.17) is 4.74 Å². The van der Waals surface area contributed by atoms with E-state index >= 15 is 0 Å². The van der Waals surface area contributed by atoms with Crippen LogP contribution in [-0.2, 0) is 4.74 Å². The van der Waals surface area contributed by atoms with Gasteiger partial charge in [0, 0.05) is 9.37 Å². The summed E-state index contributed by atoms with van der Waals surface area (Å²) in [5.74, 6) is -0.469. The molecule has 18 heavy (non-hydrogen) atoms. The van der Waals surface area contributed by atoms with Gasteiger partial charge in [0.15, 0.2) is 0 Å². The molecule has 94 valence electrons. The van der Waals surface area contributed by atoms with E-state index in [9.17, 15) is 4.79 Å². The van der Waals surface area contributed by atoms with E-state index in [-0.39, 0.29) is 5.69 Å². The molecule has 0 radical (unpaired) electrons. The van der Waals surface area contributed by atoms with Crippen LogP contribution in [0.4, 0.5) is 0 Å². The SMILES string of the molecule is CCOC(=O)c1nn[nH]c1Sc1cccc(Br)c1. The Morgan fingerprint density at radius 2 is 2.39 bits per heavy atom. The highest BCUT2D eigenvalue weighted by Crippen LogP contribution is 2.29. The molecule has 2 aromatic rings. The molecule has 0 saturated heterocycles. The van der Waals surface area contributed by atoms with E-state index in [1.165, 1.54) is 11.8 Å². The third kappa shape index (κ3) is 3.11. The van der Waals surface area contributed by atoms with Gasteiger partial charge in [-0.05, 0) is 25.1 Å². The normalized spacial score (nSPS) is 10.3. The molecule has 0 aliphatic heterocycles. The topological polar surface area (TPSA) is 67.9 Å². The van der Waals surface area contributed by atoms with Crippen LogP contribution in [0.25, 0.3) is 0 Å². The first kappa shape index (κ1) is 13.1. The van der Waals surface area contributed by atoms with Gasteiger partial charge < -0.3 is 4.74 Å². The maximum atomic E-state index is 11.6. The van der Waals surface area contributed by atoms with Crippen LogP contribution in [0, 0.1) is 0 Å². The van der Waals surface area contributed by atoms with Gasteiger partial charge in [0.25, 0.3) is 0 Å². The van der Waals surface area contributed by atoms with Crippen molar-refractivity contribution in [3.05, 3.63) is 34.4 Å². The number of halogens is 1. The highest BCUT2D eigenvalue weighted by molar-refractivity contribution is 9.10. The summed E-state index contributed by atoms with van der Waals surface area (Å²) >= 11 is 4.77. The number of carbonyl (C=O) groups excluding carboxylic acids is 1. The molecule has 0 bridgehead atoms. The second kappa shape index (κ2) is 6.01. The highest BCUT2D eigenvalue weighted by Gasteiger charge is 2.18. The molecule has 0 aliphatic carbocycles. The van der Waals surface area contributed by atoms with Crippen molar-refractivity contribution in [2.45, 2.75) is 16.8 Å². The first-order chi connectivity index (χ1) is 8.70. The molecule has 1 heterocycles. The average Bonchev–Trinajstić information content (AvgIpc) is 2.77. The molecular weight excluding hydrogens is 318 g/mol. The van der Waals surface area contributed by atoms with Crippen LogP contribution in [0.2, 0.25) is 0 Å². The number of hydrogen-bond acceptors (Lipinski definition) is 5. The minimum atomic E-state index is -0.469. The summed E-state index contributed by atoms with van der Waals surface area (Å²) in [6.45, 7) is 2.06. The number of rotatable bonds is 4. The molecule has 2 rings (SSSR count). The zero-order valence-corrected chi connectivity index (χ0v) is 11.9. The largest absolute Gasteiger partial charge is 0.461 e. The molecule has 0 atom stereocenters. The van der Waals surface area contributed by atoms with Crippen LogP contribution >= 0.6 is 27.7 Å². The molecule has 0 saturated carbocycles. The van der Waals surface area contributed by atoms with Crippen LogP contribution in [0.3, 0.4) is 0 Å². The number of benzene rings is 1. The van der Waals surface area contributed by atoms with Crippen molar-refractivity contribution in [2.75, 3.05) is 6.61 Å². The summed E-state index contributed by atoms with van der Waals surface area (Å²) in [4.78, 5) is 12.6. The first-order valence-electron chi connectivity index (χ1n) is 5.22. The molecular formula is C11H10BrN3O2S. The summed E-state index contributed by atoms with van der Waals surface area (Å²) in [6, 6.07) is 7.73. The monoisotopic (exact) mass is 327 g/mol. The van der Waals surface area contributed by atoms with Gasteiger partial charge in [-0.1, -0.05) is 39.0 Å². The molecule has 0 spiro atoms. The van der Waals surface area contributed by atoms with Gasteiger partial charge in [0.05, 0.1) is 6.61 Å². The number of esters is 1. The van der Waals surface area contributed by atoms with Gasteiger partial charge in [-0.2, -0.15) is 0 Å². The van der Waals surface area contributed by atoms with Crippen molar-refractivity contribution in [3.63, 3.8) is 0 Å². The Balaban J connectivity index is 2.20. The number of ether oxygens (including phenoxy) is 1. The van der Waals surface area contributed by atoms with Gasteiger partial charge in [-0.15, -0.1) is 5.10 Å². The zero-order valence-electron chi connectivity index (χ0n) is 9.51. The van der Waals surface area contributed by atoms with Gasteiger partial charge in [0.2, 0.25) is 5.69 Å². The lowest BCUT2D eigenvalue weighted by Crippen LogP contribution is -2.06. The predicted molar refractivity (Wildman–Crippen MR) is 70.6 cm³/mol. The van der Waals surface area contributed by atoms with Gasteiger partial charge in [-0.25, -0.2) is 4.79 Å². The fraction of sp³-hybridized carbons (Fsp3) is 0.182. The third-order valence-electron chi connectivity index (χ3n) is 2.00. The van der Waals surface area contributed by atoms with E-state index in [1.54, 1.807) is 6.92 Å². The summed E-state index contributed by atoms with van der Waals surface area (Å²) in [5, 5.41) is 10.7. The number of carbonyl (C=O) groups is 1. The second-order valence-electron chi connectivity index (χ2n) is 3.27. The molecule has 0 amide bonds. The number of H-pyrrole nitrogens is 1. The molecule has 7 heteroatoms. The number of nitrogens with one attached hydrogen (secondary N) is 1. The predicted octanol–water partition coefficient (Wildman–Crippen LogP) is 2.90. The number of hydrogen-bond donors (Lipinski definition) is 1. The van der Waals surface area contributed by atoms with Crippen molar-refractivity contribution in [2.24, 2.45) is 0 Å². The Morgan fingerprint density at radius 3 is 3.11 bits per heavy atom. The third-order valence-corrected chi connectivity index (χ3v) is 3.47. The Kier molecular flexibility index (Phi) is 4.38. The molecule has 1 aromatic heterocycles. The molecule has 1 aromatic carbocycles. The lowest BCUT2D eigenvalue weighted by molar-refractivity contribution is 0.0515. The molecule has 0 unspecified atom stereocenters. The van der Waals surface area contributed by atoms with E-state index in [0.717, 1.165) is 9.37 Å². The Bertz CT molecular complexity index is 559. The van der Waals surface area contributed by atoms with Crippen LogP contribution < -0.4 is 0 Å². The summed E-state index contributed by atoms with van der Waals surface area (Å²) in [7, 11) is 0. The van der Waals surface area contributed by atoms with E-state index in [0.29, 0.717) is 11.6 Å². The van der Waals surface area contributed by atoms with Crippen LogP contribution in [0.1, 0.15) is 17.4 Å². The minimum absolute atomic E-state index is 0.210. The standard InChI is InChI=1S/C11H10BrN3O2S/c1-2-17-11(16)9-10(14-15-13-9)18-8-5-3-4-7(12)6-8/h3-6H,2H2,1H3,(H,13,14,15). The summed E-state index contributed by atoms with van der Waals surface area (Å²) < 4.78 is 5.87. The van der Waals surface area contributed by atoms with Crippen molar-refractivity contribution in [3.8, 4) is 0 Å². The van der Waals surface area contributed by atoms with E-state index < -0.39 is 5.97 Å². The highest BCUT2D eigenvalue weighted by atomic mass is 79.9. The van der Waals surface area contributed by atoms with Crippen molar-refractivity contribution in [1.82, 2.24) is 15.4 Å². The van der Waals surface area contributed by atoms with Crippen LogP contribution in [0.15, 0.2) is 38.7 Å². The zero-order chi connectivity index (χ0) is 13.0. The molecule has 5 nitrogen and oxygen atoms in total. The maximum absolute atomic E-state index is 11.6. The molecule has 1 N–H and O–H groups in total. The first-order valence-corrected chi connectivity index (χ1v) is 6.83. The Morgan fingerprint density at radius 1 is 1.56 bits per heavy atom. The number of aromatic nitrogens is 3. The second-order valence-corrected chi connectivity index (χ2v) is 5.27. The lowest BCUT2D eigenvalue weighted by Gasteiger charge is -2.02. The van der Waals surface area contributed by atoms with Crippen molar-refractivity contribution < 1.29 is 9.53 Å². The van der Waals surface area contributed by atoms with Crippen LogP contribution in [0.5, 0.6) is 0 Å². The van der Waals surface area contributed by atoms with Gasteiger partial charge in [0.1, 0.15) is 5.03 Å². The minimum Gasteiger partial charge on any atom is -0.461 e. The van der Waals surface area contributed by atoms with Gasteiger partial charge in [-0.3, -0.25) is 5.10 Å². The van der Waals surface area contributed by atoms with Crippen molar-refractivity contribution >= 4 is 33.7 Å². The Hall–Kier alpha value is -1.34. The van der Waals surface area contributed by atoms with Gasteiger partial charge >= 0.3 is 5.97 Å². The van der Waals surface area contributed by atoms with Crippen molar-refractivity contribution in [1.29, 1.82) is 0 Å². The average molecular weight is 328 g/mol. The number of aromatic amines is 1. The Labute approximate surface area is 116 Å². The smallest absolute Gasteiger partial charge is 0.361 e. The van der Waals surface area contributed by atoms with E-state index in [1.807, 2.05) is 24.3 Å². The lowest BCUT2D eigenvalue weighted by atomic mass is 10.4. The summed E-state index contributed by atoms with van der Waals surface area (Å²) in [5.41, 5.74) is 0.210. The molecule has 0 aliphatic rings. The molecule has 0 fully saturated rings. The summed E-state index contributed by atoms with van der Waals surface area (Å²) in [6.07, 6.45) is 0. The number of nitrogens with zero attached hydrogens (tertiary/aromatic N) is 2. The maximum Gasteiger partial charge on any atom is 0.361 e. The van der Waals surface area contributed by atoms with Crippen LogP contribution in [-0.4, -0.2) is 28.0 Å². The van der Waals surface area contributed by atoms with E-state index in [2.05, 4.69) is 31.3 Å². The fourth-order valence-corrected chi connectivity index (χ4v) is 2.70.